The van der Waals surface area contributed by atoms with Gasteiger partial charge < -0.3 is 9.47 Å². The number of rotatable bonds is 7. The van der Waals surface area contributed by atoms with Crippen LogP contribution in [0, 0.1) is 13.8 Å². The van der Waals surface area contributed by atoms with Crippen molar-refractivity contribution in [1.82, 2.24) is 0 Å². The van der Waals surface area contributed by atoms with Crippen LogP contribution < -0.4 is 4.74 Å². The van der Waals surface area contributed by atoms with Crippen molar-refractivity contribution in [2.24, 2.45) is 0 Å². The fourth-order valence-corrected chi connectivity index (χ4v) is 3.09. The Labute approximate surface area is 145 Å². The molecule has 0 bridgehead atoms. The second kappa shape index (κ2) is 8.73. The molecule has 0 saturated carbocycles. The van der Waals surface area contributed by atoms with Gasteiger partial charge in [-0.1, -0.05) is 46.3 Å². The Balaban J connectivity index is 1.71. The third-order valence-electron chi connectivity index (χ3n) is 3.48. The van der Waals surface area contributed by atoms with Crippen molar-refractivity contribution in [3.63, 3.8) is 0 Å². The third-order valence-corrected chi connectivity index (χ3v) is 3.93. The Bertz CT molecular complexity index is 630. The van der Waals surface area contributed by atoms with E-state index >= 15 is 0 Å². The van der Waals surface area contributed by atoms with Gasteiger partial charge in [-0.3, -0.25) is 0 Å². The molecule has 0 atom stereocenters. The number of carbonyl (C=O) groups is 1. The monoisotopic (exact) mass is 376 g/mol. The quantitative estimate of drug-likeness (QED) is 0.522. The Morgan fingerprint density at radius 1 is 1.09 bits per heavy atom. The molecule has 0 aliphatic heterocycles. The maximum Gasteiger partial charge on any atom is 0.344 e. The van der Waals surface area contributed by atoms with Crippen LogP contribution in [0.5, 0.6) is 5.75 Å². The van der Waals surface area contributed by atoms with Gasteiger partial charge in [0, 0.05) is 4.47 Å². The average Bonchev–Trinajstić information content (AvgIpc) is 2.51. The highest BCUT2D eigenvalue weighted by Crippen LogP contribution is 2.27. The molecule has 2 aromatic carbocycles. The number of benzene rings is 2. The summed E-state index contributed by atoms with van der Waals surface area (Å²) in [7, 11) is 0. The van der Waals surface area contributed by atoms with Crippen molar-refractivity contribution in [2.45, 2.75) is 26.7 Å². The Morgan fingerprint density at radius 2 is 1.74 bits per heavy atom. The predicted molar refractivity (Wildman–Crippen MR) is 94.8 cm³/mol. The highest BCUT2D eigenvalue weighted by atomic mass is 79.9. The number of carbonyl (C=O) groups excluding carboxylic acids is 1. The summed E-state index contributed by atoms with van der Waals surface area (Å²) >= 11 is 3.44. The van der Waals surface area contributed by atoms with Crippen molar-refractivity contribution in [2.75, 3.05) is 13.2 Å². The molecule has 3 nitrogen and oxygen atoms in total. The first-order valence-electron chi connectivity index (χ1n) is 7.65. The van der Waals surface area contributed by atoms with E-state index in [1.54, 1.807) is 0 Å². The number of ether oxygens (including phenoxy) is 2. The van der Waals surface area contributed by atoms with Gasteiger partial charge in [-0.25, -0.2) is 4.79 Å². The molecule has 2 rings (SSSR count). The van der Waals surface area contributed by atoms with Crippen LogP contribution in [0.25, 0.3) is 0 Å². The predicted octanol–water partition coefficient (Wildman–Crippen LogP) is 4.62. The standard InChI is InChI=1S/C19H21BrO3/c1-14-11-17(20)12-15(2)19(14)23-13-18(21)22-10-6-9-16-7-4-3-5-8-16/h3-5,7-8,11-12H,6,9-10,13H2,1-2H3. The summed E-state index contributed by atoms with van der Waals surface area (Å²) in [4.78, 5) is 11.8. The lowest BCUT2D eigenvalue weighted by molar-refractivity contribution is -0.146. The van der Waals surface area contributed by atoms with Gasteiger partial charge in [0.2, 0.25) is 0 Å². The number of halogens is 1. The third kappa shape index (κ3) is 5.71. The van der Waals surface area contributed by atoms with E-state index in [2.05, 4.69) is 28.1 Å². The first-order valence-corrected chi connectivity index (χ1v) is 8.44. The lowest BCUT2D eigenvalue weighted by Gasteiger charge is -2.12. The molecule has 122 valence electrons. The van der Waals surface area contributed by atoms with Crippen LogP contribution in [0.4, 0.5) is 0 Å². The van der Waals surface area contributed by atoms with Crippen LogP contribution >= 0.6 is 15.9 Å². The minimum Gasteiger partial charge on any atom is -0.481 e. The molecule has 0 spiro atoms. The molecule has 0 aromatic heterocycles. The smallest absolute Gasteiger partial charge is 0.344 e. The van der Waals surface area contributed by atoms with Crippen molar-refractivity contribution < 1.29 is 14.3 Å². The zero-order valence-corrected chi connectivity index (χ0v) is 15.1. The summed E-state index contributed by atoms with van der Waals surface area (Å²) < 4.78 is 11.8. The van der Waals surface area contributed by atoms with Gasteiger partial charge in [-0.2, -0.15) is 0 Å². The van der Waals surface area contributed by atoms with Crippen molar-refractivity contribution in [3.05, 3.63) is 63.6 Å². The van der Waals surface area contributed by atoms with E-state index < -0.39 is 0 Å². The lowest BCUT2D eigenvalue weighted by atomic mass is 10.1. The van der Waals surface area contributed by atoms with E-state index in [0.29, 0.717) is 6.61 Å². The van der Waals surface area contributed by atoms with Crippen molar-refractivity contribution in [3.8, 4) is 5.75 Å². The molecule has 2 aromatic rings. The molecule has 0 fully saturated rings. The fourth-order valence-electron chi connectivity index (χ4n) is 2.40. The van der Waals surface area contributed by atoms with Gasteiger partial charge in [0.1, 0.15) is 5.75 Å². The van der Waals surface area contributed by atoms with E-state index in [4.69, 9.17) is 9.47 Å². The van der Waals surface area contributed by atoms with E-state index in [1.165, 1.54) is 5.56 Å². The lowest BCUT2D eigenvalue weighted by Crippen LogP contribution is -2.16. The van der Waals surface area contributed by atoms with Gasteiger partial charge in [0.05, 0.1) is 6.61 Å². The maximum absolute atomic E-state index is 11.8. The fraction of sp³-hybridized carbons (Fsp3) is 0.316. The molecular weight excluding hydrogens is 356 g/mol. The Kier molecular flexibility index (Phi) is 6.66. The molecule has 0 aliphatic carbocycles. The topological polar surface area (TPSA) is 35.5 Å². The molecule has 0 saturated heterocycles. The highest BCUT2D eigenvalue weighted by molar-refractivity contribution is 9.10. The van der Waals surface area contributed by atoms with Crippen LogP contribution in [-0.2, 0) is 16.0 Å². The Morgan fingerprint density at radius 3 is 2.39 bits per heavy atom. The second-order valence-electron chi connectivity index (χ2n) is 5.47. The molecule has 0 amide bonds. The zero-order chi connectivity index (χ0) is 16.7. The molecule has 0 heterocycles. The number of hydrogen-bond acceptors (Lipinski definition) is 3. The van der Waals surface area contributed by atoms with Crippen LogP contribution in [0.3, 0.4) is 0 Å². The summed E-state index contributed by atoms with van der Waals surface area (Å²) in [6.07, 6.45) is 1.71. The van der Waals surface area contributed by atoms with Crippen LogP contribution in [0.2, 0.25) is 0 Å². The molecule has 0 radical (unpaired) electrons. The summed E-state index contributed by atoms with van der Waals surface area (Å²) in [6, 6.07) is 14.1. The first kappa shape index (κ1) is 17.5. The highest BCUT2D eigenvalue weighted by Gasteiger charge is 2.09. The number of esters is 1. The molecule has 0 aliphatic rings. The average molecular weight is 377 g/mol. The minimum atomic E-state index is -0.334. The van der Waals surface area contributed by atoms with Crippen LogP contribution in [-0.4, -0.2) is 19.2 Å². The first-order chi connectivity index (χ1) is 11.1. The summed E-state index contributed by atoms with van der Waals surface area (Å²) in [5.74, 6) is 0.411. The second-order valence-corrected chi connectivity index (χ2v) is 6.38. The van der Waals surface area contributed by atoms with Gasteiger partial charge in [0.25, 0.3) is 0 Å². The molecule has 0 unspecified atom stereocenters. The van der Waals surface area contributed by atoms with E-state index in [1.807, 2.05) is 44.2 Å². The maximum atomic E-state index is 11.8. The number of hydrogen-bond donors (Lipinski definition) is 0. The summed E-state index contributed by atoms with van der Waals surface area (Å²) in [5.41, 5.74) is 3.24. The molecular formula is C19H21BrO3. The Hall–Kier alpha value is -1.81. The minimum absolute atomic E-state index is 0.0609. The SMILES string of the molecule is Cc1cc(Br)cc(C)c1OCC(=O)OCCCc1ccccc1. The summed E-state index contributed by atoms with van der Waals surface area (Å²) in [6.45, 7) is 4.26. The normalized spacial score (nSPS) is 10.4. The van der Waals surface area contributed by atoms with Crippen molar-refractivity contribution >= 4 is 21.9 Å². The number of aryl methyl sites for hydroxylation is 3. The van der Waals surface area contributed by atoms with Crippen molar-refractivity contribution in [1.29, 1.82) is 0 Å². The molecule has 0 N–H and O–H groups in total. The van der Waals surface area contributed by atoms with Gasteiger partial charge in [-0.05, 0) is 55.5 Å². The van der Waals surface area contributed by atoms with Crippen LogP contribution in [0.15, 0.2) is 46.9 Å². The van der Waals surface area contributed by atoms with Crippen LogP contribution in [0.1, 0.15) is 23.1 Å². The molecule has 4 heteroatoms. The van der Waals surface area contributed by atoms with E-state index in [9.17, 15) is 4.79 Å². The van der Waals surface area contributed by atoms with Gasteiger partial charge in [-0.15, -0.1) is 0 Å². The van der Waals surface area contributed by atoms with Gasteiger partial charge >= 0.3 is 5.97 Å². The van der Waals surface area contributed by atoms with E-state index in [-0.39, 0.29) is 12.6 Å². The van der Waals surface area contributed by atoms with Gasteiger partial charge in [0.15, 0.2) is 6.61 Å². The molecule has 23 heavy (non-hydrogen) atoms. The summed E-state index contributed by atoms with van der Waals surface area (Å²) in [5, 5.41) is 0. The largest absolute Gasteiger partial charge is 0.481 e. The van der Waals surface area contributed by atoms with E-state index in [0.717, 1.165) is 34.2 Å². The zero-order valence-electron chi connectivity index (χ0n) is 13.5.